The van der Waals surface area contributed by atoms with Crippen LogP contribution in [0, 0.1) is 0 Å². The summed E-state index contributed by atoms with van der Waals surface area (Å²) < 4.78 is 0. The molecular formula is C16H20N6O2. The lowest BCUT2D eigenvalue weighted by Crippen LogP contribution is -2.38. The number of nitrogens with one attached hydrogen (secondary N) is 2. The highest BCUT2D eigenvalue weighted by molar-refractivity contribution is 6.39. The maximum Gasteiger partial charge on any atom is 0.190 e. The minimum absolute atomic E-state index is 0.0845. The molecule has 0 bridgehead atoms. The Labute approximate surface area is 140 Å². The van der Waals surface area contributed by atoms with Gasteiger partial charge in [0.25, 0.3) is 0 Å². The van der Waals surface area contributed by atoms with Gasteiger partial charge in [-0.25, -0.2) is 11.0 Å². The molecule has 2 aromatic heterocycles. The summed E-state index contributed by atoms with van der Waals surface area (Å²) in [6.07, 6.45) is 8.22. The Morgan fingerprint density at radius 2 is 1.12 bits per heavy atom. The van der Waals surface area contributed by atoms with Crippen LogP contribution in [0.15, 0.2) is 59.0 Å². The summed E-state index contributed by atoms with van der Waals surface area (Å²) in [5.41, 5.74) is 6.09. The molecule has 2 heterocycles. The molecule has 0 aliphatic heterocycles. The van der Waals surface area contributed by atoms with Gasteiger partial charge in [0.05, 0.1) is 0 Å². The third kappa shape index (κ3) is 5.75. The van der Waals surface area contributed by atoms with Crippen LogP contribution in [0.4, 0.5) is 0 Å². The molecule has 126 valence electrons. The molecule has 0 fully saturated rings. The van der Waals surface area contributed by atoms with Crippen molar-refractivity contribution < 1.29 is 10.4 Å². The molecule has 0 spiro atoms. The molecule has 2 rings (SSSR count). The molecule has 0 aliphatic carbocycles. The van der Waals surface area contributed by atoms with Crippen LogP contribution in [-0.2, 0) is 12.8 Å². The topological polar surface area (TPSA) is 115 Å². The van der Waals surface area contributed by atoms with Crippen molar-refractivity contribution in [2.45, 2.75) is 12.8 Å². The summed E-state index contributed by atoms with van der Waals surface area (Å²) in [6.45, 7) is 0.857. The van der Waals surface area contributed by atoms with Crippen LogP contribution in [0.1, 0.15) is 11.1 Å². The number of rotatable bonds is 6. The van der Waals surface area contributed by atoms with Crippen LogP contribution in [0.3, 0.4) is 0 Å². The van der Waals surface area contributed by atoms with E-state index in [0.29, 0.717) is 25.9 Å². The van der Waals surface area contributed by atoms with Crippen LogP contribution in [0.5, 0.6) is 0 Å². The fraction of sp³-hybridized carbons (Fsp3) is 0.250. The predicted molar refractivity (Wildman–Crippen MR) is 90.3 cm³/mol. The summed E-state index contributed by atoms with van der Waals surface area (Å²) in [7, 11) is 0. The zero-order chi connectivity index (χ0) is 17.0. The monoisotopic (exact) mass is 328 g/mol. The van der Waals surface area contributed by atoms with Gasteiger partial charge in [0.1, 0.15) is 0 Å². The van der Waals surface area contributed by atoms with Crippen molar-refractivity contribution in [1.82, 2.24) is 20.9 Å². The highest BCUT2D eigenvalue weighted by Crippen LogP contribution is 1.99. The summed E-state index contributed by atoms with van der Waals surface area (Å²) in [5, 5.41) is 18.4. The fourth-order valence-electron chi connectivity index (χ4n) is 2.02. The maximum absolute atomic E-state index is 9.21. The average molecular weight is 328 g/mol. The molecule has 8 heteroatoms. The van der Waals surface area contributed by atoms with Gasteiger partial charge >= 0.3 is 0 Å². The number of nitrogens with zero attached hydrogens (tertiary/aromatic N) is 4. The molecule has 2 aromatic rings. The van der Waals surface area contributed by atoms with Gasteiger partial charge < -0.3 is 0 Å². The van der Waals surface area contributed by atoms with Crippen molar-refractivity contribution in [3.63, 3.8) is 0 Å². The molecule has 0 amide bonds. The number of amidine groups is 2. The number of hydroxylamine groups is 2. The average Bonchev–Trinajstić information content (AvgIpc) is 2.65. The number of pyridine rings is 2. The highest BCUT2D eigenvalue weighted by Gasteiger charge is 2.07. The van der Waals surface area contributed by atoms with Crippen LogP contribution in [0.2, 0.25) is 0 Å². The Hall–Kier alpha value is -2.84. The van der Waals surface area contributed by atoms with Gasteiger partial charge in [0.15, 0.2) is 11.7 Å². The van der Waals surface area contributed by atoms with Crippen molar-refractivity contribution in [1.29, 1.82) is 0 Å². The lowest BCUT2D eigenvalue weighted by Gasteiger charge is -2.08. The number of hydrogen-bond acceptors (Lipinski definition) is 6. The number of hydrogen-bond donors (Lipinski definition) is 4. The van der Waals surface area contributed by atoms with E-state index in [2.05, 4.69) is 20.0 Å². The Morgan fingerprint density at radius 1 is 0.750 bits per heavy atom. The Bertz CT molecular complexity index is 601. The zero-order valence-corrected chi connectivity index (χ0v) is 13.1. The third-order valence-corrected chi connectivity index (χ3v) is 3.28. The molecule has 8 nitrogen and oxygen atoms in total. The van der Waals surface area contributed by atoms with E-state index in [9.17, 15) is 10.4 Å². The lowest BCUT2D eigenvalue weighted by atomic mass is 10.2. The first-order valence-corrected chi connectivity index (χ1v) is 7.50. The summed E-state index contributed by atoms with van der Waals surface area (Å²) >= 11 is 0. The number of aliphatic imine (C=N–C) groups is 2. The van der Waals surface area contributed by atoms with Gasteiger partial charge in [0.2, 0.25) is 0 Å². The first kappa shape index (κ1) is 17.5. The molecule has 0 saturated carbocycles. The lowest BCUT2D eigenvalue weighted by molar-refractivity contribution is 0.223. The third-order valence-electron chi connectivity index (χ3n) is 3.28. The fourth-order valence-corrected chi connectivity index (χ4v) is 2.02. The molecule has 0 saturated heterocycles. The van der Waals surface area contributed by atoms with Crippen molar-refractivity contribution in [2.24, 2.45) is 9.98 Å². The molecule has 0 aromatic carbocycles. The van der Waals surface area contributed by atoms with Gasteiger partial charge in [-0.05, 0) is 48.2 Å². The highest BCUT2D eigenvalue weighted by atomic mass is 16.5. The summed E-state index contributed by atoms with van der Waals surface area (Å²) in [4.78, 5) is 16.3. The van der Waals surface area contributed by atoms with Crippen molar-refractivity contribution >= 4 is 11.7 Å². The van der Waals surface area contributed by atoms with Crippen LogP contribution in [-0.4, -0.2) is 45.1 Å². The van der Waals surface area contributed by atoms with E-state index in [1.165, 1.54) is 0 Å². The second kappa shape index (κ2) is 10.0. The van der Waals surface area contributed by atoms with E-state index in [-0.39, 0.29) is 11.7 Å². The van der Waals surface area contributed by atoms with E-state index in [1.54, 1.807) is 24.8 Å². The minimum Gasteiger partial charge on any atom is -0.290 e. The Balaban J connectivity index is 1.92. The van der Waals surface area contributed by atoms with Crippen molar-refractivity contribution in [3.8, 4) is 0 Å². The van der Waals surface area contributed by atoms with E-state index < -0.39 is 0 Å². The van der Waals surface area contributed by atoms with E-state index in [1.807, 2.05) is 35.2 Å². The van der Waals surface area contributed by atoms with Gasteiger partial charge in [-0.3, -0.25) is 30.4 Å². The quantitative estimate of drug-likeness (QED) is 0.357. The van der Waals surface area contributed by atoms with Gasteiger partial charge in [-0.2, -0.15) is 0 Å². The SMILES string of the molecule is ONC(=NCCc1ccncc1)C(=NCCc1ccncc1)NO. The second-order valence-electron chi connectivity index (χ2n) is 4.90. The molecule has 0 radical (unpaired) electrons. The molecule has 0 unspecified atom stereocenters. The van der Waals surface area contributed by atoms with E-state index in [0.717, 1.165) is 11.1 Å². The Kier molecular flexibility index (Phi) is 7.32. The largest absolute Gasteiger partial charge is 0.290 e. The van der Waals surface area contributed by atoms with Crippen LogP contribution >= 0.6 is 0 Å². The molecular weight excluding hydrogens is 308 g/mol. The van der Waals surface area contributed by atoms with E-state index >= 15 is 0 Å². The van der Waals surface area contributed by atoms with E-state index in [4.69, 9.17) is 0 Å². The zero-order valence-electron chi connectivity index (χ0n) is 13.1. The normalized spacial score (nSPS) is 12.1. The minimum atomic E-state index is 0.0845. The Morgan fingerprint density at radius 3 is 1.46 bits per heavy atom. The smallest absolute Gasteiger partial charge is 0.190 e. The summed E-state index contributed by atoms with van der Waals surface area (Å²) in [6, 6.07) is 7.59. The standard InChI is InChI=1S/C16H20N6O2/c23-21-15(19-11-5-13-1-7-17-8-2-13)16(22-24)20-12-6-14-3-9-18-10-4-14/h1-4,7-10,23-24H,5-6,11-12H2,(H,19,21)(H,20,22). The van der Waals surface area contributed by atoms with Crippen LogP contribution in [0.25, 0.3) is 0 Å². The van der Waals surface area contributed by atoms with Crippen molar-refractivity contribution in [2.75, 3.05) is 13.1 Å². The molecule has 24 heavy (non-hydrogen) atoms. The first-order valence-electron chi connectivity index (χ1n) is 7.50. The second-order valence-corrected chi connectivity index (χ2v) is 4.90. The molecule has 0 aliphatic rings. The van der Waals surface area contributed by atoms with Crippen molar-refractivity contribution in [3.05, 3.63) is 60.2 Å². The van der Waals surface area contributed by atoms with Gasteiger partial charge in [-0.1, -0.05) is 0 Å². The van der Waals surface area contributed by atoms with Crippen LogP contribution < -0.4 is 11.0 Å². The number of aromatic nitrogens is 2. The maximum atomic E-state index is 9.21. The molecule has 0 atom stereocenters. The van der Waals surface area contributed by atoms with Gasteiger partial charge in [-0.15, -0.1) is 0 Å². The molecule has 4 N–H and O–H groups in total. The predicted octanol–water partition coefficient (Wildman–Crippen LogP) is 1.02. The van der Waals surface area contributed by atoms with Gasteiger partial charge in [0, 0.05) is 37.9 Å². The summed E-state index contributed by atoms with van der Waals surface area (Å²) in [5.74, 6) is 0.169. The first-order chi connectivity index (χ1) is 11.8.